The molecule has 0 unspecified atom stereocenters. The predicted molar refractivity (Wildman–Crippen MR) is 107 cm³/mol. The summed E-state index contributed by atoms with van der Waals surface area (Å²) in [5.74, 6) is 2.12. The molecule has 1 aromatic heterocycles. The Morgan fingerprint density at radius 3 is 2.44 bits per heavy atom. The largest absolute Gasteiger partial charge is 0.462 e. The van der Waals surface area contributed by atoms with Crippen LogP contribution in [0.5, 0.6) is 0 Å². The molecule has 144 valence electrons. The van der Waals surface area contributed by atoms with Gasteiger partial charge in [0.2, 0.25) is 0 Å². The van der Waals surface area contributed by atoms with Crippen molar-refractivity contribution in [3.63, 3.8) is 0 Å². The van der Waals surface area contributed by atoms with Crippen molar-refractivity contribution in [3.8, 4) is 0 Å². The van der Waals surface area contributed by atoms with E-state index in [-0.39, 0.29) is 5.97 Å². The highest BCUT2D eigenvalue weighted by Gasteiger charge is 2.18. The number of nitrogens with zero attached hydrogens (tertiary/aromatic N) is 4. The van der Waals surface area contributed by atoms with Crippen LogP contribution in [0.1, 0.15) is 30.0 Å². The number of ether oxygens (including phenoxy) is 1. The van der Waals surface area contributed by atoms with Crippen molar-refractivity contribution in [3.05, 3.63) is 41.7 Å². The standard InChI is InChI=1S/C20H27N5O2/c1-4-24-10-12-25(13-11-24)19-14-18(21-15(3)22-19)23-17-8-6-16(7-9-17)20(26)27-5-2/h6-9,14H,4-5,10-13H2,1-3H3,(H,21,22,23). The van der Waals surface area contributed by atoms with Gasteiger partial charge >= 0.3 is 5.97 Å². The summed E-state index contributed by atoms with van der Waals surface area (Å²) in [5, 5.41) is 3.30. The van der Waals surface area contributed by atoms with Gasteiger partial charge in [0.15, 0.2) is 0 Å². The second-order valence-electron chi connectivity index (χ2n) is 6.50. The summed E-state index contributed by atoms with van der Waals surface area (Å²) in [6.07, 6.45) is 0. The Balaban J connectivity index is 1.70. The Hall–Kier alpha value is -2.67. The Bertz CT molecular complexity index is 770. The molecule has 0 saturated carbocycles. The third-order valence-electron chi connectivity index (χ3n) is 4.64. The van der Waals surface area contributed by atoms with E-state index < -0.39 is 0 Å². The maximum absolute atomic E-state index is 11.8. The fraction of sp³-hybridized carbons (Fsp3) is 0.450. The zero-order chi connectivity index (χ0) is 19.2. The van der Waals surface area contributed by atoms with E-state index in [1.54, 1.807) is 19.1 Å². The molecule has 27 heavy (non-hydrogen) atoms. The molecule has 2 heterocycles. The van der Waals surface area contributed by atoms with Crippen molar-refractivity contribution in [2.75, 3.05) is 49.5 Å². The molecule has 1 N–H and O–H groups in total. The minimum atomic E-state index is -0.310. The summed E-state index contributed by atoms with van der Waals surface area (Å²) in [6.45, 7) is 11.4. The van der Waals surface area contributed by atoms with Crippen LogP contribution in [0, 0.1) is 6.92 Å². The number of carbonyl (C=O) groups excluding carboxylic acids is 1. The van der Waals surface area contributed by atoms with Crippen molar-refractivity contribution < 1.29 is 9.53 Å². The Morgan fingerprint density at radius 1 is 1.11 bits per heavy atom. The first-order valence-electron chi connectivity index (χ1n) is 9.46. The van der Waals surface area contributed by atoms with Gasteiger partial charge in [0.25, 0.3) is 0 Å². The molecular formula is C20H27N5O2. The van der Waals surface area contributed by atoms with Crippen molar-refractivity contribution in [1.82, 2.24) is 14.9 Å². The van der Waals surface area contributed by atoms with Crippen LogP contribution < -0.4 is 10.2 Å². The lowest BCUT2D eigenvalue weighted by atomic mass is 10.2. The monoisotopic (exact) mass is 369 g/mol. The van der Waals surface area contributed by atoms with Gasteiger partial charge in [-0.2, -0.15) is 0 Å². The van der Waals surface area contributed by atoms with E-state index in [9.17, 15) is 4.79 Å². The first-order chi connectivity index (χ1) is 13.1. The topological polar surface area (TPSA) is 70.6 Å². The fourth-order valence-electron chi connectivity index (χ4n) is 3.12. The Morgan fingerprint density at radius 2 is 1.81 bits per heavy atom. The Kier molecular flexibility index (Phi) is 6.24. The summed E-state index contributed by atoms with van der Waals surface area (Å²) < 4.78 is 5.01. The second kappa shape index (κ2) is 8.81. The maximum Gasteiger partial charge on any atom is 0.338 e. The van der Waals surface area contributed by atoms with E-state index in [1.807, 2.05) is 25.1 Å². The molecule has 1 fully saturated rings. The maximum atomic E-state index is 11.8. The van der Waals surface area contributed by atoms with Crippen molar-refractivity contribution in [2.45, 2.75) is 20.8 Å². The number of aromatic nitrogens is 2. The summed E-state index contributed by atoms with van der Waals surface area (Å²) in [5.41, 5.74) is 1.40. The number of esters is 1. The van der Waals surface area contributed by atoms with Gasteiger partial charge in [-0.05, 0) is 44.7 Å². The molecule has 1 aromatic carbocycles. The molecule has 0 atom stereocenters. The minimum Gasteiger partial charge on any atom is -0.462 e. The van der Waals surface area contributed by atoms with E-state index >= 15 is 0 Å². The van der Waals surface area contributed by atoms with Gasteiger partial charge in [-0.1, -0.05) is 6.92 Å². The highest BCUT2D eigenvalue weighted by atomic mass is 16.5. The van der Waals surface area contributed by atoms with Crippen molar-refractivity contribution >= 4 is 23.3 Å². The van der Waals surface area contributed by atoms with Gasteiger partial charge in [0.05, 0.1) is 12.2 Å². The smallest absolute Gasteiger partial charge is 0.338 e. The van der Waals surface area contributed by atoms with Gasteiger partial charge in [0.1, 0.15) is 17.5 Å². The van der Waals surface area contributed by atoms with Crippen LogP contribution in [-0.4, -0.2) is 60.2 Å². The summed E-state index contributed by atoms with van der Waals surface area (Å²) in [7, 11) is 0. The number of anilines is 3. The quantitative estimate of drug-likeness (QED) is 0.785. The molecule has 1 saturated heterocycles. The number of benzene rings is 1. The number of likely N-dealkylation sites (N-methyl/N-ethyl adjacent to an activating group) is 1. The molecule has 0 amide bonds. The molecule has 0 radical (unpaired) electrons. The zero-order valence-corrected chi connectivity index (χ0v) is 16.2. The van der Waals surface area contributed by atoms with Gasteiger partial charge in [-0.3, -0.25) is 0 Å². The number of hydrogen-bond donors (Lipinski definition) is 1. The second-order valence-corrected chi connectivity index (χ2v) is 6.50. The van der Waals surface area contributed by atoms with E-state index in [4.69, 9.17) is 4.74 Å². The van der Waals surface area contributed by atoms with Crippen LogP contribution in [0.4, 0.5) is 17.3 Å². The highest BCUT2D eigenvalue weighted by molar-refractivity contribution is 5.89. The lowest BCUT2D eigenvalue weighted by Crippen LogP contribution is -2.46. The molecule has 7 heteroatoms. The number of hydrogen-bond acceptors (Lipinski definition) is 7. The molecule has 1 aliphatic heterocycles. The molecule has 0 aliphatic carbocycles. The molecule has 2 aromatic rings. The first kappa shape index (κ1) is 19.1. The molecule has 0 bridgehead atoms. The third kappa shape index (κ3) is 4.95. The lowest BCUT2D eigenvalue weighted by Gasteiger charge is -2.34. The predicted octanol–water partition coefficient (Wildman–Crippen LogP) is 2.85. The normalized spacial score (nSPS) is 14.9. The van der Waals surface area contributed by atoms with E-state index in [0.717, 1.165) is 55.9 Å². The number of nitrogens with one attached hydrogen (secondary N) is 1. The summed E-state index contributed by atoms with van der Waals surface area (Å²) >= 11 is 0. The van der Waals surface area contributed by atoms with E-state index in [0.29, 0.717) is 12.2 Å². The van der Waals surface area contributed by atoms with Gasteiger partial charge in [0, 0.05) is 37.9 Å². The number of piperazine rings is 1. The zero-order valence-electron chi connectivity index (χ0n) is 16.2. The summed E-state index contributed by atoms with van der Waals surface area (Å²) in [6, 6.07) is 9.18. The molecule has 7 nitrogen and oxygen atoms in total. The van der Waals surface area contributed by atoms with Gasteiger partial charge in [-0.25, -0.2) is 14.8 Å². The van der Waals surface area contributed by atoms with Crippen LogP contribution >= 0.6 is 0 Å². The van der Waals surface area contributed by atoms with E-state index in [1.165, 1.54) is 0 Å². The van der Waals surface area contributed by atoms with Crippen LogP contribution in [-0.2, 0) is 4.74 Å². The van der Waals surface area contributed by atoms with Gasteiger partial charge in [-0.15, -0.1) is 0 Å². The van der Waals surface area contributed by atoms with Crippen LogP contribution in [0.2, 0.25) is 0 Å². The Labute approximate surface area is 160 Å². The number of carbonyl (C=O) groups is 1. The minimum absolute atomic E-state index is 0.310. The fourth-order valence-corrected chi connectivity index (χ4v) is 3.12. The van der Waals surface area contributed by atoms with Crippen molar-refractivity contribution in [1.29, 1.82) is 0 Å². The molecule has 0 spiro atoms. The van der Waals surface area contributed by atoms with Gasteiger partial charge < -0.3 is 19.9 Å². The number of rotatable bonds is 6. The van der Waals surface area contributed by atoms with Crippen LogP contribution in [0.3, 0.4) is 0 Å². The lowest BCUT2D eigenvalue weighted by molar-refractivity contribution is 0.0526. The van der Waals surface area contributed by atoms with Crippen LogP contribution in [0.15, 0.2) is 30.3 Å². The summed E-state index contributed by atoms with van der Waals surface area (Å²) in [4.78, 5) is 25.6. The first-order valence-corrected chi connectivity index (χ1v) is 9.46. The molecular weight excluding hydrogens is 342 g/mol. The number of aryl methyl sites for hydroxylation is 1. The van der Waals surface area contributed by atoms with E-state index in [2.05, 4.69) is 32.0 Å². The SMILES string of the molecule is CCOC(=O)c1ccc(Nc2cc(N3CCN(CC)CC3)nc(C)n2)cc1. The molecule has 1 aliphatic rings. The average molecular weight is 369 g/mol. The van der Waals surface area contributed by atoms with Crippen LogP contribution in [0.25, 0.3) is 0 Å². The molecule has 3 rings (SSSR count). The highest BCUT2D eigenvalue weighted by Crippen LogP contribution is 2.21. The average Bonchev–Trinajstić information content (AvgIpc) is 2.68. The third-order valence-corrected chi connectivity index (χ3v) is 4.64. The van der Waals surface area contributed by atoms with Crippen molar-refractivity contribution in [2.24, 2.45) is 0 Å².